The normalized spacial score (nSPS) is 12.7. The van der Waals surface area contributed by atoms with Crippen LogP contribution in [0.2, 0.25) is 0 Å². The standard InChI is InChI=1S/C13H19BF2NO3/c1-12(2,18)13(3,4)20-14-8-6-9(10(15)16)11(19-5)17-7-8/h6-7,10,18H,1-5H3. The van der Waals surface area contributed by atoms with Crippen LogP contribution in [0.4, 0.5) is 8.78 Å². The first-order valence-corrected chi connectivity index (χ1v) is 6.14. The first-order chi connectivity index (χ1) is 9.08. The van der Waals surface area contributed by atoms with Crippen LogP contribution in [0.3, 0.4) is 0 Å². The summed E-state index contributed by atoms with van der Waals surface area (Å²) in [4.78, 5) is 3.81. The number of ether oxygens (including phenoxy) is 1. The van der Waals surface area contributed by atoms with E-state index >= 15 is 0 Å². The lowest BCUT2D eigenvalue weighted by Gasteiger charge is -2.37. The van der Waals surface area contributed by atoms with Crippen LogP contribution < -0.4 is 10.2 Å². The molecule has 0 bridgehead atoms. The number of halogens is 2. The molecule has 0 aliphatic heterocycles. The van der Waals surface area contributed by atoms with Crippen LogP contribution in [0.5, 0.6) is 5.88 Å². The van der Waals surface area contributed by atoms with Gasteiger partial charge in [0.1, 0.15) is 0 Å². The Labute approximate surface area is 118 Å². The summed E-state index contributed by atoms with van der Waals surface area (Å²) in [5.74, 6) is -0.112. The Bertz CT molecular complexity index is 461. The van der Waals surface area contributed by atoms with Gasteiger partial charge in [0.15, 0.2) is 0 Å². The van der Waals surface area contributed by atoms with Gasteiger partial charge in [0.25, 0.3) is 6.43 Å². The first kappa shape index (κ1) is 16.8. The zero-order chi connectivity index (χ0) is 15.6. The molecule has 0 fully saturated rings. The smallest absolute Gasteiger partial charge is 0.332 e. The Morgan fingerprint density at radius 2 is 1.90 bits per heavy atom. The van der Waals surface area contributed by atoms with Crippen LogP contribution in [0, 0.1) is 0 Å². The summed E-state index contributed by atoms with van der Waals surface area (Å²) >= 11 is 0. The molecule has 1 rings (SSSR count). The third-order valence-electron chi connectivity index (χ3n) is 3.29. The molecule has 0 aromatic carbocycles. The van der Waals surface area contributed by atoms with Crippen LogP contribution in [-0.4, -0.2) is 35.9 Å². The van der Waals surface area contributed by atoms with Gasteiger partial charge in [-0.05, 0) is 39.2 Å². The molecular formula is C13H19BF2NO3. The molecule has 0 saturated heterocycles. The zero-order valence-electron chi connectivity index (χ0n) is 12.3. The SMILES string of the molecule is COc1ncc([B]OC(C)(C)C(C)(C)O)cc1C(F)F. The molecule has 4 nitrogen and oxygen atoms in total. The van der Waals surface area contributed by atoms with Crippen LogP contribution in [0.25, 0.3) is 0 Å². The highest BCUT2D eigenvalue weighted by Crippen LogP contribution is 2.26. The van der Waals surface area contributed by atoms with Gasteiger partial charge in [-0.2, -0.15) is 0 Å². The van der Waals surface area contributed by atoms with Gasteiger partial charge in [0, 0.05) is 6.20 Å². The van der Waals surface area contributed by atoms with E-state index in [2.05, 4.69) is 4.98 Å². The summed E-state index contributed by atoms with van der Waals surface area (Å²) in [6.45, 7) is 6.62. The summed E-state index contributed by atoms with van der Waals surface area (Å²) in [6.07, 6.45) is -1.32. The number of hydrogen-bond donors (Lipinski definition) is 1. The first-order valence-electron chi connectivity index (χ1n) is 6.14. The molecule has 0 amide bonds. The summed E-state index contributed by atoms with van der Waals surface area (Å²) < 4.78 is 35.9. The van der Waals surface area contributed by atoms with E-state index in [-0.39, 0.29) is 11.4 Å². The summed E-state index contributed by atoms with van der Waals surface area (Å²) in [5, 5.41) is 9.95. The van der Waals surface area contributed by atoms with Gasteiger partial charge in [-0.15, -0.1) is 0 Å². The van der Waals surface area contributed by atoms with Crippen LogP contribution in [0.15, 0.2) is 12.3 Å². The van der Waals surface area contributed by atoms with Crippen molar-refractivity contribution in [3.05, 3.63) is 17.8 Å². The molecule has 1 radical (unpaired) electrons. The monoisotopic (exact) mass is 286 g/mol. The van der Waals surface area contributed by atoms with E-state index in [4.69, 9.17) is 9.39 Å². The Kier molecular flexibility index (Phi) is 5.10. The number of methoxy groups -OCH3 is 1. The molecule has 1 aromatic rings. The summed E-state index contributed by atoms with van der Waals surface area (Å²) in [7, 11) is 2.59. The van der Waals surface area contributed by atoms with Crippen molar-refractivity contribution in [2.75, 3.05) is 7.11 Å². The second kappa shape index (κ2) is 6.05. The molecular weight excluding hydrogens is 267 g/mol. The Hall–Kier alpha value is -1.21. The lowest BCUT2D eigenvalue weighted by Crippen LogP contribution is -2.49. The Morgan fingerprint density at radius 3 is 2.35 bits per heavy atom. The Balaban J connectivity index is 2.87. The average molecular weight is 286 g/mol. The Morgan fingerprint density at radius 1 is 1.30 bits per heavy atom. The molecule has 7 heteroatoms. The maximum atomic E-state index is 12.8. The molecule has 1 N–H and O–H groups in total. The van der Waals surface area contributed by atoms with Crippen molar-refractivity contribution in [1.29, 1.82) is 0 Å². The zero-order valence-corrected chi connectivity index (χ0v) is 12.3. The lowest BCUT2D eigenvalue weighted by molar-refractivity contribution is -0.0893. The maximum Gasteiger partial charge on any atom is 0.332 e. The minimum Gasteiger partial charge on any atom is -0.481 e. The molecule has 0 spiro atoms. The van der Waals surface area contributed by atoms with Crippen LogP contribution >= 0.6 is 0 Å². The maximum absolute atomic E-state index is 12.8. The fourth-order valence-electron chi connectivity index (χ4n) is 1.24. The molecule has 0 aliphatic carbocycles. The summed E-state index contributed by atoms with van der Waals surface area (Å²) in [6, 6.07) is 1.25. The third-order valence-corrected chi connectivity index (χ3v) is 3.29. The number of alkyl halides is 2. The molecule has 0 unspecified atom stereocenters. The van der Waals surface area contributed by atoms with Crippen molar-refractivity contribution in [3.8, 4) is 5.88 Å². The van der Waals surface area contributed by atoms with Gasteiger partial charge >= 0.3 is 7.48 Å². The van der Waals surface area contributed by atoms with E-state index in [0.29, 0.717) is 5.46 Å². The van der Waals surface area contributed by atoms with Gasteiger partial charge in [-0.1, -0.05) is 0 Å². The largest absolute Gasteiger partial charge is 0.481 e. The number of nitrogens with zero attached hydrogens (tertiary/aromatic N) is 1. The highest BCUT2D eigenvalue weighted by molar-refractivity contribution is 6.47. The minimum absolute atomic E-state index is 0.112. The highest BCUT2D eigenvalue weighted by atomic mass is 19.3. The van der Waals surface area contributed by atoms with Crippen molar-refractivity contribution in [1.82, 2.24) is 4.98 Å². The molecule has 1 heterocycles. The summed E-state index contributed by atoms with van der Waals surface area (Å²) in [5.41, 5.74) is -1.89. The number of aromatic nitrogens is 1. The van der Waals surface area contributed by atoms with Crippen molar-refractivity contribution in [2.45, 2.75) is 45.3 Å². The number of rotatable bonds is 6. The number of aliphatic hydroxyl groups is 1. The topological polar surface area (TPSA) is 51.6 Å². The third kappa shape index (κ3) is 3.90. The van der Waals surface area contributed by atoms with Gasteiger partial charge in [0.2, 0.25) is 5.88 Å². The van der Waals surface area contributed by atoms with Gasteiger partial charge < -0.3 is 14.5 Å². The number of pyridine rings is 1. The van der Waals surface area contributed by atoms with Crippen LogP contribution in [0.1, 0.15) is 39.7 Å². The minimum atomic E-state index is -2.69. The lowest BCUT2D eigenvalue weighted by atomic mass is 9.83. The second-order valence-electron chi connectivity index (χ2n) is 5.47. The van der Waals surface area contributed by atoms with E-state index in [9.17, 15) is 13.9 Å². The van der Waals surface area contributed by atoms with E-state index < -0.39 is 17.6 Å². The fourth-order valence-corrected chi connectivity index (χ4v) is 1.24. The van der Waals surface area contributed by atoms with Gasteiger partial charge in [-0.3, -0.25) is 0 Å². The molecule has 20 heavy (non-hydrogen) atoms. The van der Waals surface area contributed by atoms with Crippen molar-refractivity contribution in [3.63, 3.8) is 0 Å². The number of hydrogen-bond acceptors (Lipinski definition) is 4. The molecule has 0 saturated carbocycles. The van der Waals surface area contributed by atoms with Gasteiger partial charge in [-0.25, -0.2) is 13.8 Å². The molecule has 0 aliphatic rings. The molecule has 111 valence electrons. The fraction of sp³-hybridized carbons (Fsp3) is 0.615. The average Bonchev–Trinajstić information content (AvgIpc) is 2.34. The van der Waals surface area contributed by atoms with Gasteiger partial charge in [0.05, 0.1) is 23.9 Å². The molecule has 1 aromatic heterocycles. The van der Waals surface area contributed by atoms with Crippen LogP contribution in [-0.2, 0) is 4.65 Å². The highest BCUT2D eigenvalue weighted by Gasteiger charge is 2.35. The predicted molar refractivity (Wildman–Crippen MR) is 72.6 cm³/mol. The second-order valence-corrected chi connectivity index (χ2v) is 5.47. The molecule has 0 atom stereocenters. The van der Waals surface area contributed by atoms with E-state index in [1.165, 1.54) is 26.9 Å². The predicted octanol–water partition coefficient (Wildman–Crippen LogP) is 1.84. The van der Waals surface area contributed by atoms with E-state index in [0.717, 1.165) is 0 Å². The van der Waals surface area contributed by atoms with Crippen molar-refractivity contribution >= 4 is 12.9 Å². The van der Waals surface area contributed by atoms with Crippen molar-refractivity contribution < 1.29 is 23.3 Å². The quantitative estimate of drug-likeness (QED) is 0.811. The van der Waals surface area contributed by atoms with Crippen molar-refractivity contribution in [2.24, 2.45) is 0 Å². The van der Waals surface area contributed by atoms with E-state index in [1.807, 2.05) is 0 Å². The van der Waals surface area contributed by atoms with E-state index in [1.54, 1.807) is 27.7 Å².